The third-order valence-electron chi connectivity index (χ3n) is 1.96. The van der Waals surface area contributed by atoms with Crippen molar-refractivity contribution in [2.45, 2.75) is 25.5 Å². The number of hydrogen-bond acceptors (Lipinski definition) is 2. The van der Waals surface area contributed by atoms with Crippen LogP contribution in [0.5, 0.6) is 0 Å². The Balaban J connectivity index is 3.08. The van der Waals surface area contributed by atoms with Gasteiger partial charge in [0.2, 0.25) is 0 Å². The third-order valence-corrected chi connectivity index (χ3v) is 2.29. The molecule has 0 fully saturated rings. The van der Waals surface area contributed by atoms with Crippen LogP contribution in [0.3, 0.4) is 0 Å². The van der Waals surface area contributed by atoms with E-state index >= 15 is 0 Å². The van der Waals surface area contributed by atoms with Crippen molar-refractivity contribution in [2.24, 2.45) is 5.73 Å². The van der Waals surface area contributed by atoms with Gasteiger partial charge in [-0.3, -0.25) is 0 Å². The van der Waals surface area contributed by atoms with Crippen LogP contribution in [0.15, 0.2) is 18.2 Å². The Hall–Kier alpha value is -0.640. The highest BCUT2D eigenvalue weighted by atomic mass is 35.5. The van der Waals surface area contributed by atoms with Gasteiger partial charge in [-0.25, -0.2) is 4.39 Å². The third kappa shape index (κ3) is 2.44. The van der Waals surface area contributed by atoms with E-state index in [2.05, 4.69) is 0 Å². The van der Waals surface area contributed by atoms with Gasteiger partial charge in [0.1, 0.15) is 5.82 Å². The van der Waals surface area contributed by atoms with Crippen molar-refractivity contribution >= 4 is 11.6 Å². The second-order valence-electron chi connectivity index (χ2n) is 3.89. The summed E-state index contributed by atoms with van der Waals surface area (Å²) in [7, 11) is 0. The molecule has 3 N–H and O–H groups in total. The van der Waals surface area contributed by atoms with Crippen LogP contribution in [0.4, 0.5) is 4.39 Å². The van der Waals surface area contributed by atoms with Gasteiger partial charge in [0.25, 0.3) is 0 Å². The fourth-order valence-corrected chi connectivity index (χ4v) is 1.39. The van der Waals surface area contributed by atoms with Gasteiger partial charge in [-0.2, -0.15) is 0 Å². The van der Waals surface area contributed by atoms with E-state index in [-0.39, 0.29) is 5.02 Å². The monoisotopic (exact) mass is 217 g/mol. The van der Waals surface area contributed by atoms with E-state index in [1.54, 1.807) is 13.8 Å². The van der Waals surface area contributed by atoms with Crippen LogP contribution >= 0.6 is 11.6 Å². The Labute approximate surface area is 87.5 Å². The highest BCUT2D eigenvalue weighted by molar-refractivity contribution is 6.31. The maximum absolute atomic E-state index is 12.7. The zero-order chi connectivity index (χ0) is 10.9. The fourth-order valence-electron chi connectivity index (χ4n) is 1.12. The number of aliphatic hydroxyl groups is 1. The van der Waals surface area contributed by atoms with E-state index in [1.165, 1.54) is 12.1 Å². The van der Waals surface area contributed by atoms with Crippen molar-refractivity contribution in [3.63, 3.8) is 0 Å². The molecular weight excluding hydrogens is 205 g/mol. The first-order valence-corrected chi connectivity index (χ1v) is 4.62. The first kappa shape index (κ1) is 11.4. The standard InChI is InChI=1S/C10H13ClFNO/c1-10(2,13)9(14)7-4-3-6(12)5-8(7)11/h3-5,9,14H,13H2,1-2H3. The van der Waals surface area contributed by atoms with Crippen molar-refractivity contribution in [3.05, 3.63) is 34.6 Å². The molecule has 0 aromatic heterocycles. The van der Waals surface area contributed by atoms with Crippen LogP contribution in [-0.2, 0) is 0 Å². The first-order valence-electron chi connectivity index (χ1n) is 4.24. The van der Waals surface area contributed by atoms with Gasteiger partial charge in [-0.1, -0.05) is 17.7 Å². The summed E-state index contributed by atoms with van der Waals surface area (Å²) in [6.07, 6.45) is -0.907. The Morgan fingerprint density at radius 1 is 1.50 bits per heavy atom. The van der Waals surface area contributed by atoms with E-state index in [9.17, 15) is 9.50 Å². The average molecular weight is 218 g/mol. The molecule has 4 heteroatoms. The second-order valence-corrected chi connectivity index (χ2v) is 4.30. The molecule has 0 saturated carbocycles. The molecule has 0 radical (unpaired) electrons. The van der Waals surface area contributed by atoms with Crippen molar-refractivity contribution < 1.29 is 9.50 Å². The molecular formula is C10H13ClFNO. The molecule has 1 aromatic rings. The summed E-state index contributed by atoms with van der Waals surface area (Å²) in [6.45, 7) is 3.36. The highest BCUT2D eigenvalue weighted by Crippen LogP contribution is 2.29. The van der Waals surface area contributed by atoms with Crippen LogP contribution in [0.1, 0.15) is 25.5 Å². The van der Waals surface area contributed by atoms with Crippen LogP contribution in [0.25, 0.3) is 0 Å². The molecule has 2 nitrogen and oxygen atoms in total. The number of nitrogens with two attached hydrogens (primary N) is 1. The van der Waals surface area contributed by atoms with Crippen LogP contribution < -0.4 is 5.73 Å². The zero-order valence-electron chi connectivity index (χ0n) is 8.09. The molecule has 0 aliphatic rings. The molecule has 0 spiro atoms. The summed E-state index contributed by atoms with van der Waals surface area (Å²) >= 11 is 5.77. The maximum Gasteiger partial charge on any atom is 0.124 e. The van der Waals surface area contributed by atoms with E-state index in [1.807, 2.05) is 0 Å². The molecule has 14 heavy (non-hydrogen) atoms. The Bertz CT molecular complexity index is 335. The molecule has 0 amide bonds. The van der Waals surface area contributed by atoms with Crippen molar-refractivity contribution in [3.8, 4) is 0 Å². The van der Waals surface area contributed by atoms with Gasteiger partial charge in [-0.05, 0) is 26.0 Å². The largest absolute Gasteiger partial charge is 0.386 e. The SMILES string of the molecule is CC(C)(N)C(O)c1ccc(F)cc1Cl. The summed E-state index contributed by atoms with van der Waals surface area (Å²) in [6, 6.07) is 3.85. The van der Waals surface area contributed by atoms with Crippen LogP contribution in [0.2, 0.25) is 5.02 Å². The minimum atomic E-state index is -0.907. The van der Waals surface area contributed by atoms with Gasteiger partial charge >= 0.3 is 0 Å². The lowest BCUT2D eigenvalue weighted by Gasteiger charge is -2.26. The summed E-state index contributed by atoms with van der Waals surface area (Å²) in [4.78, 5) is 0. The van der Waals surface area contributed by atoms with Crippen molar-refractivity contribution in [1.29, 1.82) is 0 Å². The molecule has 0 aliphatic carbocycles. The number of benzene rings is 1. The smallest absolute Gasteiger partial charge is 0.124 e. The molecule has 0 aliphatic heterocycles. The Kier molecular flexibility index (Phi) is 3.14. The molecule has 0 bridgehead atoms. The predicted molar refractivity (Wildman–Crippen MR) is 54.6 cm³/mol. The van der Waals surface area contributed by atoms with Gasteiger partial charge < -0.3 is 10.8 Å². The van der Waals surface area contributed by atoms with Crippen molar-refractivity contribution in [2.75, 3.05) is 0 Å². The number of rotatable bonds is 2. The first-order chi connectivity index (χ1) is 6.32. The van der Waals surface area contributed by atoms with Gasteiger partial charge in [-0.15, -0.1) is 0 Å². The van der Waals surface area contributed by atoms with Gasteiger partial charge in [0.15, 0.2) is 0 Å². The summed E-state index contributed by atoms with van der Waals surface area (Å²) < 4.78 is 12.7. The number of hydrogen-bond donors (Lipinski definition) is 2. The molecule has 0 saturated heterocycles. The molecule has 78 valence electrons. The lowest BCUT2D eigenvalue weighted by atomic mass is 9.92. The molecule has 1 rings (SSSR count). The topological polar surface area (TPSA) is 46.2 Å². The maximum atomic E-state index is 12.7. The molecule has 1 aromatic carbocycles. The molecule has 1 unspecified atom stereocenters. The van der Waals surface area contributed by atoms with E-state index in [0.29, 0.717) is 5.56 Å². The number of halogens is 2. The fraction of sp³-hybridized carbons (Fsp3) is 0.400. The van der Waals surface area contributed by atoms with E-state index in [0.717, 1.165) is 6.07 Å². The second kappa shape index (κ2) is 3.85. The molecule has 1 atom stereocenters. The van der Waals surface area contributed by atoms with Crippen LogP contribution in [0, 0.1) is 5.82 Å². The summed E-state index contributed by atoms with van der Waals surface area (Å²) in [5.41, 5.74) is 5.36. The number of aliphatic hydroxyl groups excluding tert-OH is 1. The van der Waals surface area contributed by atoms with Gasteiger partial charge in [0.05, 0.1) is 6.10 Å². The minimum absolute atomic E-state index is 0.191. The zero-order valence-corrected chi connectivity index (χ0v) is 8.85. The normalized spacial score (nSPS) is 14.1. The summed E-state index contributed by atoms with van der Waals surface area (Å²) in [5.74, 6) is -0.430. The summed E-state index contributed by atoms with van der Waals surface area (Å²) in [5, 5.41) is 9.99. The average Bonchev–Trinajstić information content (AvgIpc) is 2.01. The molecule has 0 heterocycles. The van der Waals surface area contributed by atoms with Crippen LogP contribution in [-0.4, -0.2) is 10.6 Å². The lowest BCUT2D eigenvalue weighted by molar-refractivity contribution is 0.105. The Morgan fingerprint density at radius 3 is 2.50 bits per heavy atom. The lowest BCUT2D eigenvalue weighted by Crippen LogP contribution is -2.39. The minimum Gasteiger partial charge on any atom is -0.386 e. The quantitative estimate of drug-likeness (QED) is 0.798. The van der Waals surface area contributed by atoms with Gasteiger partial charge in [0, 0.05) is 16.1 Å². The highest BCUT2D eigenvalue weighted by Gasteiger charge is 2.26. The van der Waals surface area contributed by atoms with Crippen molar-refractivity contribution in [1.82, 2.24) is 0 Å². The van der Waals surface area contributed by atoms with E-state index < -0.39 is 17.5 Å². The Morgan fingerprint density at radius 2 is 2.07 bits per heavy atom. The van der Waals surface area contributed by atoms with E-state index in [4.69, 9.17) is 17.3 Å². The predicted octanol–water partition coefficient (Wildman–Crippen LogP) is 2.25.